The zero-order chi connectivity index (χ0) is 21.1. The van der Waals surface area contributed by atoms with Crippen molar-refractivity contribution in [1.29, 1.82) is 0 Å². The quantitative estimate of drug-likeness (QED) is 0.497. The number of phosphoric ester groups is 1. The second-order valence-electron chi connectivity index (χ2n) is 9.86. The molecule has 3 rings (SSSR count). The molecule has 2 aromatic carbocycles. The molecule has 0 radical (unpaired) electrons. The smallest absolute Gasteiger partial charge is 0.736 e. The van der Waals surface area contributed by atoms with Gasteiger partial charge in [-0.3, -0.25) is 0 Å². The molecule has 0 aromatic heterocycles. The summed E-state index contributed by atoms with van der Waals surface area (Å²) >= 11 is 0. The Kier molecular flexibility index (Phi) is 6.50. The van der Waals surface area contributed by atoms with E-state index in [1.165, 1.54) is 0 Å². The van der Waals surface area contributed by atoms with Gasteiger partial charge in [0, 0.05) is 11.1 Å². The van der Waals surface area contributed by atoms with Gasteiger partial charge in [-0.05, 0) is 65.5 Å². The van der Waals surface area contributed by atoms with E-state index in [1.54, 1.807) is 0 Å². The molecule has 0 aliphatic carbocycles. The van der Waals surface area contributed by atoms with Gasteiger partial charge in [0.05, 0.1) is 0 Å². The Bertz CT molecular complexity index is 908. The van der Waals surface area contributed by atoms with Gasteiger partial charge in [-0.2, -0.15) is 0 Å². The van der Waals surface area contributed by atoms with E-state index in [1.807, 2.05) is 65.8 Å². The first-order valence-corrected chi connectivity index (χ1v) is 11.1. The van der Waals surface area contributed by atoms with Crippen molar-refractivity contribution in [1.82, 2.24) is 0 Å². The first-order valence-electron chi connectivity index (χ1n) is 9.66. The number of hydrogen-bond donors (Lipinski definition) is 0. The minimum atomic E-state index is -4.60. The predicted octanol–water partition coefficient (Wildman–Crippen LogP) is 2.73. The van der Waals surface area contributed by atoms with Gasteiger partial charge < -0.3 is 13.9 Å². The van der Waals surface area contributed by atoms with Crippen molar-refractivity contribution in [3.63, 3.8) is 0 Å². The van der Waals surface area contributed by atoms with Crippen LogP contribution in [0, 0.1) is 13.8 Å². The third-order valence-electron chi connectivity index (χ3n) is 5.29. The standard InChI is InChI=1S/C23H31O4P.Li/c1-14-9-18(22(3,4)5)20-12-16(14)11-17-13-21(27-28(24,25)26-20)19(10-15(17)2)23(6,7)8;/h9-10,12-13H,11H2,1-8H3,(H,24,25);/q;+1/p-1. The molecule has 0 unspecified atom stereocenters. The molecule has 0 atom stereocenters. The minimum absolute atomic E-state index is 0. The molecule has 4 nitrogen and oxygen atoms in total. The predicted molar refractivity (Wildman–Crippen MR) is 111 cm³/mol. The van der Waals surface area contributed by atoms with Crippen LogP contribution in [0.2, 0.25) is 0 Å². The average molecular weight is 408 g/mol. The molecule has 0 fully saturated rings. The summed E-state index contributed by atoms with van der Waals surface area (Å²) in [6.45, 7) is 16.4. The summed E-state index contributed by atoms with van der Waals surface area (Å²) in [7, 11) is -4.60. The normalized spacial score (nSPS) is 15.6. The van der Waals surface area contributed by atoms with Crippen molar-refractivity contribution in [3.05, 3.63) is 57.6 Å². The Morgan fingerprint density at radius 1 is 0.793 bits per heavy atom. The molecular formula is C23H30LiO4P. The maximum Gasteiger partial charge on any atom is 1.00 e. The van der Waals surface area contributed by atoms with E-state index in [4.69, 9.17) is 9.05 Å². The van der Waals surface area contributed by atoms with Crippen LogP contribution in [0.4, 0.5) is 0 Å². The third-order valence-corrected chi connectivity index (χ3v) is 6.13. The number of benzene rings is 2. The van der Waals surface area contributed by atoms with Crippen LogP contribution in [-0.4, -0.2) is 0 Å². The Hall–Kier alpha value is -1.17. The second-order valence-corrected chi connectivity index (χ2v) is 11.1. The third kappa shape index (κ3) is 5.12. The van der Waals surface area contributed by atoms with Crippen molar-refractivity contribution in [3.8, 4) is 11.5 Å². The number of aryl methyl sites for hydroxylation is 2. The van der Waals surface area contributed by atoms with Crippen LogP contribution in [0.15, 0.2) is 24.3 Å². The molecule has 2 aromatic rings. The van der Waals surface area contributed by atoms with Crippen LogP contribution in [0.3, 0.4) is 0 Å². The molecule has 0 N–H and O–H groups in total. The molecule has 29 heavy (non-hydrogen) atoms. The van der Waals surface area contributed by atoms with Gasteiger partial charge in [-0.15, -0.1) is 0 Å². The van der Waals surface area contributed by atoms with Crippen molar-refractivity contribution in [2.45, 2.75) is 72.6 Å². The first kappa shape index (κ1) is 24.1. The Morgan fingerprint density at radius 3 is 1.45 bits per heavy atom. The Balaban J connectivity index is 0.00000300. The van der Waals surface area contributed by atoms with E-state index in [0.29, 0.717) is 17.9 Å². The molecule has 0 amide bonds. The van der Waals surface area contributed by atoms with Crippen molar-refractivity contribution >= 4 is 7.82 Å². The summed E-state index contributed by atoms with van der Waals surface area (Å²) < 4.78 is 23.8. The number of fused-ring (bicyclic) bond motifs is 4. The molecular weight excluding hydrogens is 378 g/mol. The van der Waals surface area contributed by atoms with E-state index >= 15 is 0 Å². The summed E-state index contributed by atoms with van der Waals surface area (Å²) in [5, 5.41) is 0. The van der Waals surface area contributed by atoms with E-state index in [-0.39, 0.29) is 29.7 Å². The van der Waals surface area contributed by atoms with Crippen molar-refractivity contribution in [2.75, 3.05) is 0 Å². The molecule has 1 aliphatic heterocycles. The van der Waals surface area contributed by atoms with E-state index in [2.05, 4.69) is 13.8 Å². The van der Waals surface area contributed by atoms with Crippen LogP contribution in [0.1, 0.15) is 74.9 Å². The van der Waals surface area contributed by atoms with Gasteiger partial charge in [0.25, 0.3) is 0 Å². The monoisotopic (exact) mass is 408 g/mol. The van der Waals surface area contributed by atoms with E-state index < -0.39 is 7.82 Å². The molecule has 6 heteroatoms. The molecule has 4 bridgehead atoms. The fourth-order valence-corrected chi connectivity index (χ4v) is 4.45. The number of rotatable bonds is 0. The number of phosphoric acid groups is 1. The van der Waals surface area contributed by atoms with Crippen LogP contribution in [-0.2, 0) is 21.8 Å². The first-order chi connectivity index (χ1) is 12.7. The zero-order valence-electron chi connectivity index (χ0n) is 19.1. The fraction of sp³-hybridized carbons (Fsp3) is 0.478. The van der Waals surface area contributed by atoms with Gasteiger partial charge in [-0.1, -0.05) is 53.7 Å². The van der Waals surface area contributed by atoms with Crippen molar-refractivity contribution < 1.29 is 37.4 Å². The SMILES string of the molecule is Cc1cc(C(C)(C)C)c2cc1Cc1cc(c(C(C)(C)C)cc1C)OP(=O)([O-])O2.[Li+]. The topological polar surface area (TPSA) is 58.6 Å². The van der Waals surface area contributed by atoms with Gasteiger partial charge in [-0.25, -0.2) is 4.57 Å². The second kappa shape index (κ2) is 7.82. The van der Waals surface area contributed by atoms with Gasteiger partial charge >= 0.3 is 26.7 Å². The summed E-state index contributed by atoms with van der Waals surface area (Å²) in [6.07, 6.45) is 0.697. The summed E-state index contributed by atoms with van der Waals surface area (Å²) in [5.41, 5.74) is 5.55. The zero-order valence-corrected chi connectivity index (χ0v) is 20.0. The maximum absolute atomic E-state index is 12.8. The van der Waals surface area contributed by atoms with Crippen LogP contribution in [0.25, 0.3) is 0 Å². The minimum Gasteiger partial charge on any atom is -0.736 e. The van der Waals surface area contributed by atoms with Crippen molar-refractivity contribution in [2.24, 2.45) is 0 Å². The molecule has 1 aliphatic rings. The van der Waals surface area contributed by atoms with Crippen LogP contribution in [0.5, 0.6) is 11.5 Å². The van der Waals surface area contributed by atoms with Crippen LogP contribution < -0.4 is 32.8 Å². The van der Waals surface area contributed by atoms with Gasteiger partial charge in [0.2, 0.25) is 0 Å². The summed E-state index contributed by atoms with van der Waals surface area (Å²) in [4.78, 5) is 12.8. The maximum atomic E-state index is 12.8. The van der Waals surface area contributed by atoms with E-state index in [0.717, 1.165) is 33.4 Å². The Labute approximate surface area is 186 Å². The van der Waals surface area contributed by atoms with E-state index in [9.17, 15) is 9.46 Å². The molecule has 0 spiro atoms. The molecule has 1 heterocycles. The number of hydrogen-bond acceptors (Lipinski definition) is 4. The summed E-state index contributed by atoms with van der Waals surface area (Å²) in [5.74, 6) is 0.707. The van der Waals surface area contributed by atoms with Gasteiger partial charge in [0.15, 0.2) is 0 Å². The molecule has 152 valence electrons. The fourth-order valence-electron chi connectivity index (χ4n) is 3.63. The molecule has 0 saturated heterocycles. The van der Waals surface area contributed by atoms with Crippen LogP contribution >= 0.6 is 7.82 Å². The average Bonchev–Trinajstić information content (AvgIpc) is 2.49. The van der Waals surface area contributed by atoms with Gasteiger partial charge in [0.1, 0.15) is 11.5 Å². The summed E-state index contributed by atoms with van der Waals surface area (Å²) in [6, 6.07) is 7.77. The molecule has 0 saturated carbocycles. The Morgan fingerprint density at radius 2 is 1.14 bits per heavy atom. The largest absolute Gasteiger partial charge is 1.00 e.